The minimum absolute atomic E-state index is 0.0881. The van der Waals surface area contributed by atoms with Gasteiger partial charge in [-0.1, -0.05) is 46.9 Å². The Balaban J connectivity index is 1.76. The lowest BCUT2D eigenvalue weighted by atomic mass is 10.2. The summed E-state index contributed by atoms with van der Waals surface area (Å²) < 4.78 is 5.30. The van der Waals surface area contributed by atoms with Crippen molar-refractivity contribution in [2.45, 2.75) is 0 Å². The van der Waals surface area contributed by atoms with Gasteiger partial charge in [0.25, 0.3) is 5.91 Å². The molecule has 2 N–H and O–H groups in total. The number of anilines is 2. The molecule has 0 radical (unpaired) electrons. The van der Waals surface area contributed by atoms with E-state index in [9.17, 15) is 9.59 Å². The maximum Gasteiger partial charge on any atom is 0.262 e. The van der Waals surface area contributed by atoms with E-state index in [4.69, 9.17) is 39.5 Å². The summed E-state index contributed by atoms with van der Waals surface area (Å²) in [6.45, 7) is -0.0881. The van der Waals surface area contributed by atoms with E-state index >= 15 is 0 Å². The van der Waals surface area contributed by atoms with E-state index in [1.807, 2.05) is 0 Å². The van der Waals surface area contributed by atoms with Crippen molar-refractivity contribution in [1.29, 1.82) is 0 Å². The number of carbonyl (C=O) groups is 2. The minimum Gasteiger partial charge on any atom is -0.482 e. The van der Waals surface area contributed by atoms with Gasteiger partial charge in [-0.2, -0.15) is 0 Å². The predicted molar refractivity (Wildman–Crippen MR) is 99.7 cm³/mol. The number of hydrogen-bond acceptors (Lipinski definition) is 3. The van der Waals surface area contributed by atoms with Crippen molar-refractivity contribution >= 4 is 64.1 Å². The van der Waals surface area contributed by atoms with E-state index in [0.29, 0.717) is 32.7 Å². The van der Waals surface area contributed by atoms with E-state index in [1.54, 1.807) is 30.3 Å². The molecule has 0 bridgehead atoms. The van der Waals surface area contributed by atoms with Gasteiger partial charge in [0.05, 0.1) is 26.4 Å². The van der Waals surface area contributed by atoms with Crippen LogP contribution in [0, 0.1) is 0 Å². The molecule has 2 aromatic carbocycles. The quantitative estimate of drug-likeness (QED) is 0.742. The fourth-order valence-electron chi connectivity index (χ4n) is 2.18. The smallest absolute Gasteiger partial charge is 0.262 e. The van der Waals surface area contributed by atoms with Gasteiger partial charge in [-0.05, 0) is 23.8 Å². The van der Waals surface area contributed by atoms with Crippen molar-refractivity contribution in [1.82, 2.24) is 0 Å². The second-order valence-electron chi connectivity index (χ2n) is 5.13. The summed E-state index contributed by atoms with van der Waals surface area (Å²) in [5.74, 6) is -0.236. The zero-order valence-electron chi connectivity index (χ0n) is 12.6. The highest BCUT2D eigenvalue weighted by molar-refractivity contribution is 6.43. The number of nitrogens with one attached hydrogen (secondary N) is 2. The Labute approximate surface area is 158 Å². The third-order valence-corrected chi connectivity index (χ3v) is 4.50. The fourth-order valence-corrected chi connectivity index (χ4v) is 2.77. The van der Waals surface area contributed by atoms with Crippen LogP contribution in [0.3, 0.4) is 0 Å². The van der Waals surface area contributed by atoms with Crippen LogP contribution in [-0.2, 0) is 9.59 Å². The average molecular weight is 398 g/mol. The van der Waals surface area contributed by atoms with E-state index in [1.165, 1.54) is 12.1 Å². The summed E-state index contributed by atoms with van der Waals surface area (Å²) >= 11 is 18.1. The lowest BCUT2D eigenvalue weighted by Crippen LogP contribution is -2.25. The molecule has 128 valence electrons. The van der Waals surface area contributed by atoms with Gasteiger partial charge in [-0.3, -0.25) is 9.59 Å². The number of amides is 2. The maximum absolute atomic E-state index is 12.1. The number of rotatable bonds is 3. The predicted octanol–water partition coefficient (Wildman–Crippen LogP) is 4.63. The molecule has 8 heteroatoms. The molecule has 0 saturated heterocycles. The third-order valence-electron chi connectivity index (χ3n) is 3.36. The summed E-state index contributed by atoms with van der Waals surface area (Å²) in [6.07, 6.45) is 2.86. The van der Waals surface area contributed by atoms with Gasteiger partial charge in [0.1, 0.15) is 5.75 Å². The topological polar surface area (TPSA) is 67.4 Å². The molecular weight excluding hydrogens is 387 g/mol. The van der Waals surface area contributed by atoms with Crippen LogP contribution in [0.2, 0.25) is 15.1 Å². The molecule has 2 amide bonds. The lowest BCUT2D eigenvalue weighted by molar-refractivity contribution is -0.118. The van der Waals surface area contributed by atoms with Crippen LogP contribution in [0.4, 0.5) is 11.4 Å². The van der Waals surface area contributed by atoms with Crippen molar-refractivity contribution in [2.75, 3.05) is 17.2 Å². The molecule has 0 aliphatic carbocycles. The Hall–Kier alpha value is -2.21. The molecule has 0 fully saturated rings. The molecule has 1 aliphatic heterocycles. The minimum atomic E-state index is -0.405. The highest BCUT2D eigenvalue weighted by Gasteiger charge is 2.18. The zero-order chi connectivity index (χ0) is 18.0. The third kappa shape index (κ3) is 4.07. The van der Waals surface area contributed by atoms with Crippen LogP contribution in [0.25, 0.3) is 6.08 Å². The highest BCUT2D eigenvalue weighted by atomic mass is 35.5. The summed E-state index contributed by atoms with van der Waals surface area (Å²) in [4.78, 5) is 23.4. The van der Waals surface area contributed by atoms with Crippen LogP contribution in [0.15, 0.2) is 36.4 Å². The van der Waals surface area contributed by atoms with E-state index in [-0.39, 0.29) is 17.5 Å². The van der Waals surface area contributed by atoms with E-state index < -0.39 is 5.91 Å². The first-order chi connectivity index (χ1) is 11.9. The van der Waals surface area contributed by atoms with E-state index in [2.05, 4.69) is 10.6 Å². The molecule has 0 atom stereocenters. The molecule has 5 nitrogen and oxygen atoms in total. The first-order valence-electron chi connectivity index (χ1n) is 7.13. The Kier molecular flexibility index (Phi) is 5.18. The summed E-state index contributed by atoms with van der Waals surface area (Å²) in [6, 6.07) is 8.20. The maximum atomic E-state index is 12.1. The van der Waals surface area contributed by atoms with Crippen LogP contribution in [0.5, 0.6) is 5.75 Å². The van der Waals surface area contributed by atoms with Gasteiger partial charge in [0.2, 0.25) is 5.91 Å². The second-order valence-corrected chi connectivity index (χ2v) is 6.32. The molecule has 3 rings (SSSR count). The zero-order valence-corrected chi connectivity index (χ0v) is 14.9. The van der Waals surface area contributed by atoms with Gasteiger partial charge in [0, 0.05) is 12.1 Å². The Morgan fingerprint density at radius 1 is 1.20 bits per heavy atom. The monoisotopic (exact) mass is 396 g/mol. The van der Waals surface area contributed by atoms with Gasteiger partial charge in [0.15, 0.2) is 6.61 Å². The largest absolute Gasteiger partial charge is 0.482 e. The van der Waals surface area contributed by atoms with Crippen LogP contribution in [-0.4, -0.2) is 18.4 Å². The number of ether oxygens (including phenoxy) is 1. The fraction of sp³-hybridized carbons (Fsp3) is 0.0588. The number of carbonyl (C=O) groups excluding carboxylic acids is 2. The lowest BCUT2D eigenvalue weighted by Gasteiger charge is -2.19. The Morgan fingerprint density at radius 3 is 2.80 bits per heavy atom. The number of benzene rings is 2. The summed E-state index contributed by atoms with van der Waals surface area (Å²) in [5.41, 5.74) is 1.44. The van der Waals surface area contributed by atoms with Crippen LogP contribution < -0.4 is 15.4 Å². The van der Waals surface area contributed by atoms with Crippen LogP contribution >= 0.6 is 34.8 Å². The summed E-state index contributed by atoms with van der Waals surface area (Å²) in [7, 11) is 0. The molecule has 1 aliphatic rings. The summed E-state index contributed by atoms with van der Waals surface area (Å²) in [5, 5.41) is 6.33. The highest BCUT2D eigenvalue weighted by Crippen LogP contribution is 2.36. The number of halogens is 3. The normalized spacial score (nSPS) is 13.2. The first-order valence-corrected chi connectivity index (χ1v) is 8.26. The molecule has 0 unspecified atom stereocenters. The molecular formula is C17H11Cl3N2O3. The average Bonchev–Trinajstić information content (AvgIpc) is 2.57. The SMILES string of the molecule is O=C(/C=C/c1cccc(Cl)c1Cl)Nc1cc2c(cc1Cl)NC(=O)CO2. The number of hydrogen-bond donors (Lipinski definition) is 2. The van der Waals surface area contributed by atoms with Crippen LogP contribution in [0.1, 0.15) is 5.56 Å². The van der Waals surface area contributed by atoms with Crippen molar-refractivity contribution in [2.24, 2.45) is 0 Å². The molecule has 0 saturated carbocycles. The second kappa shape index (κ2) is 7.35. The van der Waals surface area contributed by atoms with Crippen molar-refractivity contribution < 1.29 is 14.3 Å². The van der Waals surface area contributed by atoms with Gasteiger partial charge in [-0.25, -0.2) is 0 Å². The molecule has 0 aromatic heterocycles. The Bertz CT molecular complexity index is 897. The van der Waals surface area contributed by atoms with Gasteiger partial charge >= 0.3 is 0 Å². The molecule has 1 heterocycles. The standard InChI is InChI=1S/C17H11Cl3N2O3/c18-10-3-1-2-9(17(10)20)4-5-15(23)21-12-7-14-13(6-11(12)19)22-16(24)8-25-14/h1-7H,8H2,(H,21,23)(H,22,24)/b5-4+. The van der Waals surface area contributed by atoms with Gasteiger partial charge < -0.3 is 15.4 Å². The van der Waals surface area contributed by atoms with Crippen molar-refractivity contribution in [3.8, 4) is 5.75 Å². The molecule has 0 spiro atoms. The van der Waals surface area contributed by atoms with Crippen molar-refractivity contribution in [3.63, 3.8) is 0 Å². The first kappa shape index (κ1) is 17.6. The van der Waals surface area contributed by atoms with E-state index in [0.717, 1.165) is 0 Å². The van der Waals surface area contributed by atoms with Crippen molar-refractivity contribution in [3.05, 3.63) is 57.0 Å². The molecule has 25 heavy (non-hydrogen) atoms. The Morgan fingerprint density at radius 2 is 2.00 bits per heavy atom. The molecule has 2 aromatic rings. The van der Waals surface area contributed by atoms with Gasteiger partial charge in [-0.15, -0.1) is 0 Å². The number of fused-ring (bicyclic) bond motifs is 1.